The van der Waals surface area contributed by atoms with Gasteiger partial charge in [0.25, 0.3) is 0 Å². The minimum atomic E-state index is -0.846. The molecule has 0 radical (unpaired) electrons. The molecule has 0 unspecified atom stereocenters. The molecule has 0 aliphatic rings. The number of nitrogens with one attached hydrogen (secondary N) is 2. The Kier molecular flexibility index (Phi) is 5.05. The van der Waals surface area contributed by atoms with Crippen molar-refractivity contribution in [3.63, 3.8) is 0 Å². The number of carbonyl (C=O) groups excluding carboxylic acids is 1. The molecular weight excluding hydrogens is 304 g/mol. The van der Waals surface area contributed by atoms with Crippen LogP contribution in [0, 0.1) is 18.6 Å². The molecule has 0 bridgehead atoms. The molecule has 0 atom stereocenters. The first-order valence-electron chi connectivity index (χ1n) is 6.87. The lowest BCUT2D eigenvalue weighted by Gasteiger charge is -2.13. The Balaban J connectivity index is 2.02. The highest BCUT2D eigenvalue weighted by Crippen LogP contribution is 2.17. The van der Waals surface area contributed by atoms with Gasteiger partial charge < -0.3 is 15.5 Å². The number of halogens is 2. The number of anilines is 2. The number of hydrogen-bond donors (Lipinski definition) is 2. The highest BCUT2D eigenvalue weighted by Gasteiger charge is 2.12. The van der Waals surface area contributed by atoms with Gasteiger partial charge in [-0.1, -0.05) is 6.07 Å². The van der Waals surface area contributed by atoms with Crippen LogP contribution in [0.15, 0.2) is 24.3 Å². The molecule has 0 saturated heterocycles. The van der Waals surface area contributed by atoms with Crippen molar-refractivity contribution in [1.82, 2.24) is 15.3 Å². The van der Waals surface area contributed by atoms with Gasteiger partial charge in [0.2, 0.25) is 0 Å². The smallest absolute Gasteiger partial charge is 0.319 e. The van der Waals surface area contributed by atoms with Crippen LogP contribution in [0.4, 0.5) is 25.1 Å². The maximum absolute atomic E-state index is 13.5. The van der Waals surface area contributed by atoms with E-state index in [9.17, 15) is 13.6 Å². The normalized spacial score (nSPS) is 10.3. The number of para-hydroxylation sites is 1. The summed E-state index contributed by atoms with van der Waals surface area (Å²) < 4.78 is 26.9. The number of nitrogens with zero attached hydrogens (tertiary/aromatic N) is 3. The minimum Gasteiger partial charge on any atom is -0.363 e. The van der Waals surface area contributed by atoms with Crippen molar-refractivity contribution in [2.75, 3.05) is 24.3 Å². The number of benzene rings is 1. The second-order valence-electron chi connectivity index (χ2n) is 5.08. The molecule has 0 fully saturated rings. The third kappa shape index (κ3) is 4.35. The standard InChI is InChI=1S/C15H17F2N5O/c1-9-7-13(22(2)3)20-12(19-9)8-18-15(23)21-14-10(16)5-4-6-11(14)17/h4-7H,8H2,1-3H3,(H2,18,21,23). The fourth-order valence-electron chi connectivity index (χ4n) is 1.85. The zero-order valence-electron chi connectivity index (χ0n) is 13.0. The lowest BCUT2D eigenvalue weighted by molar-refractivity contribution is 0.251. The predicted octanol–water partition coefficient (Wildman–Crippen LogP) is 2.45. The molecule has 1 aromatic heterocycles. The van der Waals surface area contributed by atoms with Crippen LogP contribution >= 0.6 is 0 Å². The van der Waals surface area contributed by atoms with Gasteiger partial charge >= 0.3 is 6.03 Å². The monoisotopic (exact) mass is 321 g/mol. The molecule has 0 saturated carbocycles. The van der Waals surface area contributed by atoms with E-state index in [-0.39, 0.29) is 6.54 Å². The fourth-order valence-corrected chi connectivity index (χ4v) is 1.85. The molecule has 1 heterocycles. The fraction of sp³-hybridized carbons (Fsp3) is 0.267. The SMILES string of the molecule is Cc1cc(N(C)C)nc(CNC(=O)Nc2c(F)cccc2F)n1. The molecule has 2 amide bonds. The van der Waals surface area contributed by atoms with E-state index in [0.29, 0.717) is 11.6 Å². The summed E-state index contributed by atoms with van der Waals surface area (Å²) in [5.74, 6) is -0.587. The highest BCUT2D eigenvalue weighted by atomic mass is 19.1. The van der Waals surface area contributed by atoms with Crippen LogP contribution in [0.2, 0.25) is 0 Å². The first-order valence-corrected chi connectivity index (χ1v) is 6.87. The number of aromatic nitrogens is 2. The molecule has 0 aliphatic heterocycles. The van der Waals surface area contributed by atoms with Gasteiger partial charge in [-0.3, -0.25) is 0 Å². The topological polar surface area (TPSA) is 70.2 Å². The largest absolute Gasteiger partial charge is 0.363 e. The van der Waals surface area contributed by atoms with E-state index in [0.717, 1.165) is 17.8 Å². The Morgan fingerprint density at radius 3 is 2.48 bits per heavy atom. The van der Waals surface area contributed by atoms with Gasteiger partial charge in [0, 0.05) is 25.9 Å². The molecule has 2 N–H and O–H groups in total. The molecule has 23 heavy (non-hydrogen) atoms. The highest BCUT2D eigenvalue weighted by molar-refractivity contribution is 5.89. The van der Waals surface area contributed by atoms with Crippen LogP contribution in [-0.4, -0.2) is 30.1 Å². The lowest BCUT2D eigenvalue weighted by atomic mass is 10.3. The molecule has 122 valence electrons. The van der Waals surface area contributed by atoms with Gasteiger partial charge in [-0.15, -0.1) is 0 Å². The Labute approximate surface area is 132 Å². The van der Waals surface area contributed by atoms with Gasteiger partial charge in [-0.2, -0.15) is 0 Å². The number of urea groups is 1. The molecule has 8 heteroatoms. The molecule has 2 aromatic rings. The summed E-state index contributed by atoms with van der Waals surface area (Å²) in [6.45, 7) is 1.84. The number of aryl methyl sites for hydroxylation is 1. The number of hydrogen-bond acceptors (Lipinski definition) is 4. The average molecular weight is 321 g/mol. The van der Waals surface area contributed by atoms with Crippen molar-refractivity contribution >= 4 is 17.5 Å². The second kappa shape index (κ2) is 6.99. The Morgan fingerprint density at radius 2 is 1.87 bits per heavy atom. The minimum absolute atomic E-state index is 0.0322. The third-order valence-electron chi connectivity index (χ3n) is 2.95. The quantitative estimate of drug-likeness (QED) is 0.907. The molecule has 6 nitrogen and oxygen atoms in total. The van der Waals surface area contributed by atoms with Crippen LogP contribution in [0.25, 0.3) is 0 Å². The van der Waals surface area contributed by atoms with Crippen molar-refractivity contribution in [3.8, 4) is 0 Å². The van der Waals surface area contributed by atoms with E-state index in [1.54, 1.807) is 6.07 Å². The Bertz CT molecular complexity index is 701. The maximum Gasteiger partial charge on any atom is 0.319 e. The zero-order valence-corrected chi connectivity index (χ0v) is 13.0. The summed E-state index contributed by atoms with van der Waals surface area (Å²) in [7, 11) is 3.68. The van der Waals surface area contributed by atoms with Crippen LogP contribution in [0.3, 0.4) is 0 Å². The van der Waals surface area contributed by atoms with E-state index in [2.05, 4.69) is 20.6 Å². The van der Waals surface area contributed by atoms with E-state index in [4.69, 9.17) is 0 Å². The van der Waals surface area contributed by atoms with Gasteiger partial charge in [-0.05, 0) is 19.1 Å². The van der Waals surface area contributed by atoms with Crippen molar-refractivity contribution in [2.24, 2.45) is 0 Å². The van der Waals surface area contributed by atoms with Crippen LogP contribution in [-0.2, 0) is 6.54 Å². The van der Waals surface area contributed by atoms with Gasteiger partial charge in [0.1, 0.15) is 29.0 Å². The summed E-state index contributed by atoms with van der Waals surface area (Å²) in [6, 6.07) is 4.40. The Morgan fingerprint density at radius 1 is 1.22 bits per heavy atom. The average Bonchev–Trinajstić information content (AvgIpc) is 2.48. The van der Waals surface area contributed by atoms with Gasteiger partial charge in [0.15, 0.2) is 0 Å². The van der Waals surface area contributed by atoms with Gasteiger partial charge in [-0.25, -0.2) is 23.5 Å². The third-order valence-corrected chi connectivity index (χ3v) is 2.95. The molecular formula is C15H17F2N5O. The van der Waals surface area contributed by atoms with Crippen LogP contribution in [0.1, 0.15) is 11.5 Å². The van der Waals surface area contributed by atoms with Crippen molar-refractivity contribution in [2.45, 2.75) is 13.5 Å². The van der Waals surface area contributed by atoms with Gasteiger partial charge in [0.05, 0.1) is 6.54 Å². The summed E-state index contributed by atoms with van der Waals surface area (Å²) in [5, 5.41) is 4.60. The summed E-state index contributed by atoms with van der Waals surface area (Å²) in [6.07, 6.45) is 0. The van der Waals surface area contributed by atoms with E-state index in [1.165, 1.54) is 6.07 Å². The summed E-state index contributed by atoms with van der Waals surface area (Å²) in [5.41, 5.74) is 0.255. The van der Waals surface area contributed by atoms with Crippen LogP contribution in [0.5, 0.6) is 0 Å². The molecule has 0 spiro atoms. The van der Waals surface area contributed by atoms with Crippen molar-refractivity contribution < 1.29 is 13.6 Å². The predicted molar refractivity (Wildman–Crippen MR) is 83.3 cm³/mol. The van der Waals surface area contributed by atoms with E-state index in [1.807, 2.05) is 25.9 Å². The zero-order chi connectivity index (χ0) is 17.0. The first kappa shape index (κ1) is 16.6. The number of amides is 2. The second-order valence-corrected chi connectivity index (χ2v) is 5.08. The van der Waals surface area contributed by atoms with Crippen molar-refractivity contribution in [3.05, 3.63) is 47.4 Å². The Hall–Kier alpha value is -2.77. The summed E-state index contributed by atoms with van der Waals surface area (Å²) >= 11 is 0. The first-order chi connectivity index (χ1) is 10.9. The molecule has 0 aliphatic carbocycles. The van der Waals surface area contributed by atoms with Crippen LogP contribution < -0.4 is 15.5 Å². The molecule has 1 aromatic carbocycles. The maximum atomic E-state index is 13.5. The molecule has 2 rings (SSSR count). The van der Waals surface area contributed by atoms with E-state index < -0.39 is 23.4 Å². The van der Waals surface area contributed by atoms with Crippen molar-refractivity contribution in [1.29, 1.82) is 0 Å². The van der Waals surface area contributed by atoms with E-state index >= 15 is 0 Å². The lowest BCUT2D eigenvalue weighted by Crippen LogP contribution is -2.30. The number of rotatable bonds is 4. The number of carbonyl (C=O) groups is 1. The summed E-state index contributed by atoms with van der Waals surface area (Å²) in [4.78, 5) is 22.1.